The van der Waals surface area contributed by atoms with Crippen molar-refractivity contribution in [1.82, 2.24) is 20.6 Å². The van der Waals surface area contributed by atoms with Crippen LogP contribution in [-0.2, 0) is 16.0 Å². The highest BCUT2D eigenvalue weighted by Crippen LogP contribution is 2.22. The minimum atomic E-state index is -0.679. The fraction of sp³-hybridized carbons (Fsp3) is 0.130. The molecule has 1 unspecified atom stereocenters. The molecule has 0 saturated heterocycles. The molecule has 0 radical (unpaired) electrons. The zero-order valence-corrected chi connectivity index (χ0v) is 16.0. The van der Waals surface area contributed by atoms with E-state index in [1.807, 2.05) is 30.3 Å². The number of amides is 2. The number of aliphatic hydroxyl groups excluding tert-OH is 1. The highest BCUT2D eigenvalue weighted by atomic mass is 16.3. The Balaban J connectivity index is 1.59. The van der Waals surface area contributed by atoms with Gasteiger partial charge in [-0.1, -0.05) is 42.5 Å². The predicted molar refractivity (Wildman–Crippen MR) is 110 cm³/mol. The minimum Gasteiger partial charge on any atom is -0.509 e. The van der Waals surface area contributed by atoms with Gasteiger partial charge in [-0.25, -0.2) is 0 Å². The summed E-state index contributed by atoms with van der Waals surface area (Å²) in [6.07, 6.45) is 3.62. The second-order valence-electron chi connectivity index (χ2n) is 6.89. The van der Waals surface area contributed by atoms with Gasteiger partial charge in [0.15, 0.2) is 0 Å². The Labute approximate surface area is 173 Å². The lowest BCUT2D eigenvalue weighted by Gasteiger charge is -2.18. The number of nitrogens with one attached hydrogen (secondary N) is 2. The summed E-state index contributed by atoms with van der Waals surface area (Å²) in [7, 11) is 0. The molecule has 1 aliphatic rings. The quantitative estimate of drug-likeness (QED) is 0.551. The van der Waals surface area contributed by atoms with Gasteiger partial charge in [-0.3, -0.25) is 19.6 Å². The van der Waals surface area contributed by atoms with Crippen LogP contribution in [0.25, 0.3) is 0 Å². The number of aliphatic hydroxyl groups is 1. The van der Waals surface area contributed by atoms with Crippen molar-refractivity contribution in [1.29, 1.82) is 0 Å². The van der Waals surface area contributed by atoms with Crippen molar-refractivity contribution in [2.75, 3.05) is 0 Å². The molecule has 0 saturated carbocycles. The molecule has 3 aromatic rings. The Hall–Kier alpha value is -4.00. The summed E-state index contributed by atoms with van der Waals surface area (Å²) in [5, 5.41) is 16.1. The zero-order valence-electron chi connectivity index (χ0n) is 16.0. The van der Waals surface area contributed by atoms with Crippen molar-refractivity contribution in [3.63, 3.8) is 0 Å². The van der Waals surface area contributed by atoms with Crippen molar-refractivity contribution < 1.29 is 14.7 Å². The molecule has 1 aromatic carbocycles. The Kier molecular flexibility index (Phi) is 5.52. The Morgan fingerprint density at radius 3 is 2.13 bits per heavy atom. The van der Waals surface area contributed by atoms with Crippen LogP contribution in [0, 0.1) is 0 Å². The predicted octanol–water partition coefficient (Wildman–Crippen LogP) is 2.24. The molecule has 7 heteroatoms. The molecule has 2 amide bonds. The maximum absolute atomic E-state index is 13.0. The number of benzene rings is 1. The SMILES string of the molecule is O=C1NC(Cc2ccccc2)C(O)=C1C(=O)NC(c1ccccn1)c1ccccn1. The summed E-state index contributed by atoms with van der Waals surface area (Å²) in [5.74, 6) is -1.55. The lowest BCUT2D eigenvalue weighted by Crippen LogP contribution is -2.35. The van der Waals surface area contributed by atoms with E-state index in [1.54, 1.807) is 48.8 Å². The highest BCUT2D eigenvalue weighted by Gasteiger charge is 2.37. The smallest absolute Gasteiger partial charge is 0.261 e. The topological polar surface area (TPSA) is 104 Å². The molecule has 7 nitrogen and oxygen atoms in total. The van der Waals surface area contributed by atoms with Crippen LogP contribution in [0.4, 0.5) is 0 Å². The molecule has 3 heterocycles. The first-order valence-corrected chi connectivity index (χ1v) is 9.54. The van der Waals surface area contributed by atoms with E-state index >= 15 is 0 Å². The average Bonchev–Trinajstić information content (AvgIpc) is 3.06. The van der Waals surface area contributed by atoms with Gasteiger partial charge in [0, 0.05) is 12.4 Å². The molecule has 0 aliphatic carbocycles. The fourth-order valence-electron chi connectivity index (χ4n) is 3.40. The van der Waals surface area contributed by atoms with Crippen LogP contribution in [0.5, 0.6) is 0 Å². The van der Waals surface area contributed by atoms with E-state index in [0.717, 1.165) is 5.56 Å². The third kappa shape index (κ3) is 4.05. The molecule has 1 aliphatic heterocycles. The Morgan fingerprint density at radius 2 is 1.57 bits per heavy atom. The zero-order chi connectivity index (χ0) is 20.9. The van der Waals surface area contributed by atoms with E-state index in [9.17, 15) is 14.7 Å². The van der Waals surface area contributed by atoms with Crippen LogP contribution >= 0.6 is 0 Å². The number of rotatable bonds is 6. The molecule has 4 rings (SSSR count). The van der Waals surface area contributed by atoms with Crippen LogP contribution in [0.15, 0.2) is 90.5 Å². The van der Waals surface area contributed by atoms with E-state index in [2.05, 4.69) is 20.6 Å². The lowest BCUT2D eigenvalue weighted by molar-refractivity contribution is -0.123. The summed E-state index contributed by atoms with van der Waals surface area (Å²) in [5.41, 5.74) is 1.80. The normalized spacial score (nSPS) is 15.9. The van der Waals surface area contributed by atoms with Crippen molar-refractivity contribution >= 4 is 11.8 Å². The van der Waals surface area contributed by atoms with E-state index in [4.69, 9.17) is 0 Å². The Morgan fingerprint density at radius 1 is 0.967 bits per heavy atom. The second-order valence-corrected chi connectivity index (χ2v) is 6.89. The molecule has 2 aromatic heterocycles. The summed E-state index contributed by atoms with van der Waals surface area (Å²) >= 11 is 0. The van der Waals surface area contributed by atoms with Gasteiger partial charge in [-0.05, 0) is 36.2 Å². The number of nitrogens with zero attached hydrogens (tertiary/aromatic N) is 2. The molecule has 0 fully saturated rings. The first kappa shape index (κ1) is 19.3. The number of carbonyl (C=O) groups is 2. The summed E-state index contributed by atoms with van der Waals surface area (Å²) in [6, 6.07) is 18.8. The van der Waals surface area contributed by atoms with Crippen molar-refractivity contribution in [2.45, 2.75) is 18.5 Å². The van der Waals surface area contributed by atoms with Crippen LogP contribution in [0.2, 0.25) is 0 Å². The molecular weight excluding hydrogens is 380 g/mol. The van der Waals surface area contributed by atoms with Gasteiger partial charge in [-0.2, -0.15) is 0 Å². The summed E-state index contributed by atoms with van der Waals surface area (Å²) in [6.45, 7) is 0. The third-order valence-electron chi connectivity index (χ3n) is 4.87. The van der Waals surface area contributed by atoms with Gasteiger partial charge in [-0.15, -0.1) is 0 Å². The van der Waals surface area contributed by atoms with E-state index in [0.29, 0.717) is 17.8 Å². The van der Waals surface area contributed by atoms with Crippen molar-refractivity contribution in [2.24, 2.45) is 0 Å². The fourth-order valence-corrected chi connectivity index (χ4v) is 3.40. The standard InChI is InChI=1S/C23H20N4O3/c28-21-18(14-15-8-2-1-3-9-15)26-22(29)19(21)23(30)27-20(16-10-4-6-12-24-16)17-11-5-7-13-25-17/h1-13,18,20,28H,14H2,(H,26,29)(H,27,30). The highest BCUT2D eigenvalue weighted by molar-refractivity contribution is 6.20. The Bertz CT molecular complexity index is 1030. The van der Waals surface area contributed by atoms with Crippen molar-refractivity contribution in [3.8, 4) is 0 Å². The number of hydrogen-bond acceptors (Lipinski definition) is 5. The van der Waals surface area contributed by atoms with E-state index in [-0.39, 0.29) is 11.3 Å². The third-order valence-corrected chi connectivity index (χ3v) is 4.87. The van der Waals surface area contributed by atoms with Crippen LogP contribution < -0.4 is 10.6 Å². The first-order valence-electron chi connectivity index (χ1n) is 9.54. The molecule has 30 heavy (non-hydrogen) atoms. The van der Waals surface area contributed by atoms with Crippen LogP contribution in [0.3, 0.4) is 0 Å². The summed E-state index contributed by atoms with van der Waals surface area (Å²) < 4.78 is 0. The van der Waals surface area contributed by atoms with Gasteiger partial charge in [0.1, 0.15) is 17.4 Å². The first-order chi connectivity index (χ1) is 14.6. The maximum atomic E-state index is 13.0. The number of carbonyl (C=O) groups excluding carboxylic acids is 2. The van der Waals surface area contributed by atoms with Gasteiger partial charge in [0.2, 0.25) is 0 Å². The maximum Gasteiger partial charge on any atom is 0.261 e. The lowest BCUT2D eigenvalue weighted by atomic mass is 10.0. The minimum absolute atomic E-state index is 0.262. The summed E-state index contributed by atoms with van der Waals surface area (Å²) in [4.78, 5) is 34.1. The van der Waals surface area contributed by atoms with E-state index in [1.165, 1.54) is 0 Å². The molecule has 150 valence electrons. The molecular formula is C23H20N4O3. The van der Waals surface area contributed by atoms with Gasteiger partial charge in [0.05, 0.1) is 17.4 Å². The molecule has 3 N–H and O–H groups in total. The number of pyridine rings is 2. The van der Waals surface area contributed by atoms with Gasteiger partial charge in [0.25, 0.3) is 11.8 Å². The monoisotopic (exact) mass is 400 g/mol. The largest absolute Gasteiger partial charge is 0.509 e. The number of aromatic nitrogens is 2. The molecule has 1 atom stereocenters. The van der Waals surface area contributed by atoms with Crippen LogP contribution in [-0.4, -0.2) is 32.9 Å². The average molecular weight is 400 g/mol. The number of hydrogen-bond donors (Lipinski definition) is 3. The van der Waals surface area contributed by atoms with Gasteiger partial charge >= 0.3 is 0 Å². The van der Waals surface area contributed by atoms with Crippen LogP contribution in [0.1, 0.15) is 23.0 Å². The molecule has 0 spiro atoms. The van der Waals surface area contributed by atoms with Gasteiger partial charge < -0.3 is 15.7 Å². The van der Waals surface area contributed by atoms with E-state index < -0.39 is 23.9 Å². The molecule has 0 bridgehead atoms. The second kappa shape index (κ2) is 8.57. The van der Waals surface area contributed by atoms with Crippen molar-refractivity contribution in [3.05, 3.63) is 107 Å².